The molecule has 0 spiro atoms. The van der Waals surface area contributed by atoms with Gasteiger partial charge in [0.05, 0.1) is 6.42 Å². The molecule has 0 fully saturated rings. The summed E-state index contributed by atoms with van der Waals surface area (Å²) >= 11 is 6.23. The summed E-state index contributed by atoms with van der Waals surface area (Å²) in [6.45, 7) is 7.47. The van der Waals surface area contributed by atoms with Crippen molar-refractivity contribution in [3.8, 4) is 5.75 Å². The Morgan fingerprint density at radius 1 is 1.07 bits per heavy atom. The maximum atomic E-state index is 13.2. The maximum Gasteiger partial charge on any atom is 0.327 e. The first-order chi connectivity index (χ1) is 13.9. The molecule has 1 atom stereocenters. The van der Waals surface area contributed by atoms with Crippen LogP contribution in [-0.4, -0.2) is 54.9 Å². The minimum atomic E-state index is -1.19. The van der Waals surface area contributed by atoms with Crippen LogP contribution < -0.4 is 4.74 Å². The van der Waals surface area contributed by atoms with Gasteiger partial charge in [0.1, 0.15) is 11.2 Å². The van der Waals surface area contributed by atoms with Crippen LogP contribution in [-0.2, 0) is 15.0 Å². The molecule has 1 aliphatic rings. The molecule has 6 heteroatoms. The lowest BCUT2D eigenvalue weighted by Crippen LogP contribution is -2.43. The minimum Gasteiger partial charge on any atom is -0.425 e. The topological polar surface area (TPSA) is 49.9 Å². The number of nitrogens with zero attached hydrogens (tertiary/aromatic N) is 2. The summed E-state index contributed by atoms with van der Waals surface area (Å²) in [5.41, 5.74) is 0.186. The molecule has 0 bridgehead atoms. The molecule has 0 aromatic heterocycles. The van der Waals surface area contributed by atoms with Gasteiger partial charge in [-0.1, -0.05) is 55.8 Å². The van der Waals surface area contributed by atoms with Crippen molar-refractivity contribution in [2.75, 3.05) is 33.2 Å². The van der Waals surface area contributed by atoms with Crippen molar-refractivity contribution in [2.24, 2.45) is 0 Å². The normalized spacial score (nSPS) is 17.9. The lowest BCUT2D eigenvalue weighted by Gasteiger charge is -2.29. The smallest absolute Gasteiger partial charge is 0.327 e. The van der Waals surface area contributed by atoms with E-state index in [1.54, 1.807) is 30.1 Å². The van der Waals surface area contributed by atoms with E-state index < -0.39 is 11.4 Å². The second-order valence-electron chi connectivity index (χ2n) is 7.32. The van der Waals surface area contributed by atoms with E-state index in [-0.39, 0.29) is 12.3 Å². The third kappa shape index (κ3) is 4.16. The highest BCUT2D eigenvalue weighted by Crippen LogP contribution is 2.47. The fourth-order valence-electron chi connectivity index (χ4n) is 3.80. The van der Waals surface area contributed by atoms with E-state index in [2.05, 4.69) is 18.7 Å². The summed E-state index contributed by atoms with van der Waals surface area (Å²) in [6, 6.07) is 14.4. The van der Waals surface area contributed by atoms with Crippen LogP contribution in [0.3, 0.4) is 0 Å². The average Bonchev–Trinajstić information content (AvgIpc) is 3.01. The maximum absolute atomic E-state index is 13.2. The monoisotopic (exact) mass is 414 g/mol. The van der Waals surface area contributed by atoms with Gasteiger partial charge >= 0.3 is 5.97 Å². The quantitative estimate of drug-likeness (QED) is 0.487. The number of carbonyl (C=O) groups excluding carboxylic acids is 2. The molecule has 29 heavy (non-hydrogen) atoms. The molecule has 154 valence electrons. The Kier molecular flexibility index (Phi) is 6.60. The van der Waals surface area contributed by atoms with Crippen molar-refractivity contribution in [3.05, 3.63) is 64.7 Å². The zero-order valence-corrected chi connectivity index (χ0v) is 17.9. The predicted molar refractivity (Wildman–Crippen MR) is 114 cm³/mol. The van der Waals surface area contributed by atoms with Gasteiger partial charge in [-0.25, -0.2) is 0 Å². The number of ether oxygens (including phenoxy) is 1. The number of esters is 1. The first-order valence-corrected chi connectivity index (χ1v) is 10.3. The molecule has 2 aromatic rings. The summed E-state index contributed by atoms with van der Waals surface area (Å²) < 4.78 is 5.57. The lowest BCUT2D eigenvalue weighted by molar-refractivity contribution is -0.141. The van der Waals surface area contributed by atoms with E-state index in [0.717, 1.165) is 25.2 Å². The number of benzene rings is 2. The number of rotatable bonds is 8. The van der Waals surface area contributed by atoms with E-state index >= 15 is 0 Å². The molecule has 0 saturated carbocycles. The largest absolute Gasteiger partial charge is 0.425 e. The molecule has 2 aromatic carbocycles. The molecule has 3 rings (SSSR count). The van der Waals surface area contributed by atoms with Gasteiger partial charge in [-0.2, -0.15) is 0 Å². The molecular weight excluding hydrogens is 388 g/mol. The standard InChI is InChI=1S/C23H27ClN2O3/c1-4-26(5-2)14-13-25(3)21(27)16-23(17-9-7-6-8-10-17)19-15-18(24)11-12-20(19)29-22(23)28/h6-12,15H,4-5,13-14,16H2,1-3H3. The first kappa shape index (κ1) is 21.3. The van der Waals surface area contributed by atoms with Crippen LogP contribution >= 0.6 is 11.6 Å². The van der Waals surface area contributed by atoms with E-state index in [9.17, 15) is 9.59 Å². The van der Waals surface area contributed by atoms with E-state index in [4.69, 9.17) is 16.3 Å². The van der Waals surface area contributed by atoms with Gasteiger partial charge in [-0.15, -0.1) is 0 Å². The van der Waals surface area contributed by atoms with Crippen LogP contribution in [0.15, 0.2) is 48.5 Å². The Hall–Kier alpha value is -2.37. The van der Waals surface area contributed by atoms with Crippen LogP contribution in [0.4, 0.5) is 0 Å². The summed E-state index contributed by atoms with van der Waals surface area (Å²) in [5.74, 6) is -0.0842. The number of carbonyl (C=O) groups is 2. The van der Waals surface area contributed by atoms with E-state index in [1.807, 2.05) is 30.3 Å². The van der Waals surface area contributed by atoms with Crippen molar-refractivity contribution in [1.82, 2.24) is 9.80 Å². The molecule has 1 aliphatic heterocycles. The van der Waals surface area contributed by atoms with Gasteiger partial charge in [0.2, 0.25) is 5.91 Å². The number of amides is 1. The van der Waals surface area contributed by atoms with Crippen molar-refractivity contribution in [3.63, 3.8) is 0 Å². The molecule has 1 amide bonds. The molecule has 1 unspecified atom stereocenters. The predicted octanol–water partition coefficient (Wildman–Crippen LogP) is 3.74. The van der Waals surface area contributed by atoms with Gasteiger partial charge in [-0.05, 0) is 36.9 Å². The molecule has 1 heterocycles. The second-order valence-corrected chi connectivity index (χ2v) is 7.76. The first-order valence-electron chi connectivity index (χ1n) is 9.96. The Morgan fingerprint density at radius 3 is 2.41 bits per heavy atom. The Balaban J connectivity index is 1.94. The Labute approximate surface area is 177 Å². The Morgan fingerprint density at radius 2 is 1.76 bits per heavy atom. The van der Waals surface area contributed by atoms with Crippen molar-refractivity contribution >= 4 is 23.5 Å². The molecule has 0 saturated heterocycles. The average molecular weight is 415 g/mol. The van der Waals surface area contributed by atoms with Gasteiger partial charge in [0, 0.05) is 30.7 Å². The van der Waals surface area contributed by atoms with Crippen LogP contribution in [0.1, 0.15) is 31.4 Å². The summed E-state index contributed by atoms with van der Waals surface area (Å²) in [4.78, 5) is 30.3. The van der Waals surface area contributed by atoms with Crippen molar-refractivity contribution in [2.45, 2.75) is 25.7 Å². The highest BCUT2D eigenvalue weighted by atomic mass is 35.5. The van der Waals surface area contributed by atoms with Gasteiger partial charge in [0.25, 0.3) is 0 Å². The SMILES string of the molecule is CCN(CC)CCN(C)C(=O)CC1(c2ccccc2)C(=O)Oc2ccc(Cl)cc21. The van der Waals surface area contributed by atoms with Crippen LogP contribution in [0.2, 0.25) is 5.02 Å². The number of hydrogen-bond donors (Lipinski definition) is 0. The number of hydrogen-bond acceptors (Lipinski definition) is 4. The Bertz CT molecular complexity index is 883. The molecule has 0 aliphatic carbocycles. The fourth-order valence-corrected chi connectivity index (χ4v) is 3.98. The highest BCUT2D eigenvalue weighted by molar-refractivity contribution is 6.30. The van der Waals surface area contributed by atoms with Crippen molar-refractivity contribution < 1.29 is 14.3 Å². The van der Waals surface area contributed by atoms with Crippen LogP contribution in [0, 0.1) is 0 Å². The zero-order chi connectivity index (χ0) is 21.0. The number of halogens is 1. The van der Waals surface area contributed by atoms with E-state index in [1.165, 1.54) is 0 Å². The van der Waals surface area contributed by atoms with E-state index in [0.29, 0.717) is 22.9 Å². The number of likely N-dealkylation sites (N-methyl/N-ethyl adjacent to an activating group) is 2. The minimum absolute atomic E-state index is 0.00204. The summed E-state index contributed by atoms with van der Waals surface area (Å²) in [5, 5.41) is 0.504. The lowest BCUT2D eigenvalue weighted by atomic mass is 9.72. The van der Waals surface area contributed by atoms with Crippen LogP contribution in [0.5, 0.6) is 5.75 Å². The van der Waals surface area contributed by atoms with Gasteiger partial charge < -0.3 is 14.5 Å². The molecule has 5 nitrogen and oxygen atoms in total. The fraction of sp³-hybridized carbons (Fsp3) is 0.391. The van der Waals surface area contributed by atoms with Gasteiger partial charge in [0.15, 0.2) is 0 Å². The second kappa shape index (κ2) is 8.97. The molecule has 0 radical (unpaired) electrons. The van der Waals surface area contributed by atoms with Crippen LogP contribution in [0.25, 0.3) is 0 Å². The van der Waals surface area contributed by atoms with Crippen molar-refractivity contribution in [1.29, 1.82) is 0 Å². The molecule has 0 N–H and O–H groups in total. The number of fused-ring (bicyclic) bond motifs is 1. The van der Waals surface area contributed by atoms with Gasteiger partial charge in [-0.3, -0.25) is 9.59 Å². The highest BCUT2D eigenvalue weighted by Gasteiger charge is 2.52. The third-order valence-electron chi connectivity index (χ3n) is 5.71. The molecular formula is C23H27ClN2O3. The zero-order valence-electron chi connectivity index (χ0n) is 17.2. The third-order valence-corrected chi connectivity index (χ3v) is 5.94. The summed E-state index contributed by atoms with van der Waals surface area (Å²) in [7, 11) is 1.78. The summed E-state index contributed by atoms with van der Waals surface area (Å²) in [6.07, 6.45) is -0.00204.